The number of Topliss-reactive ketones (excluding diaryl/α,β-unsaturated/α-hetero) is 1. The van der Waals surface area contributed by atoms with Gasteiger partial charge >= 0.3 is 5.97 Å². The lowest BCUT2D eigenvalue weighted by atomic mass is 9.89. The molecule has 1 aromatic rings. The smallest absolute Gasteiger partial charge is 0.323 e. The maximum Gasteiger partial charge on any atom is 0.323 e. The molecule has 1 aromatic carbocycles. The molecule has 0 radical (unpaired) electrons. The molecule has 3 aliphatic rings. The van der Waals surface area contributed by atoms with E-state index < -0.39 is 46.3 Å². The monoisotopic (exact) mass is 548 g/mol. The number of ketones is 1. The van der Waals surface area contributed by atoms with Gasteiger partial charge in [0, 0.05) is 19.1 Å². The zero-order chi connectivity index (χ0) is 27.3. The molecular formula is C25H36N6O6S. The van der Waals surface area contributed by atoms with Crippen LogP contribution in [-0.4, -0.2) is 92.8 Å². The first kappa shape index (κ1) is 28.3. The number of carboxylic acid groups (broad SMARTS) is 1. The summed E-state index contributed by atoms with van der Waals surface area (Å²) in [4.78, 5) is 42.6. The van der Waals surface area contributed by atoms with E-state index in [2.05, 4.69) is 25.8 Å². The first-order valence-electron chi connectivity index (χ1n) is 13.1. The zero-order valence-corrected chi connectivity index (χ0v) is 22.3. The second-order valence-electron chi connectivity index (χ2n) is 10.1. The largest absolute Gasteiger partial charge is 0.480 e. The van der Waals surface area contributed by atoms with Crippen molar-refractivity contribution in [2.45, 2.75) is 62.0 Å². The van der Waals surface area contributed by atoms with Crippen LogP contribution in [0, 0.1) is 12.8 Å². The van der Waals surface area contributed by atoms with E-state index in [-0.39, 0.29) is 23.2 Å². The fourth-order valence-corrected chi connectivity index (χ4v) is 6.37. The number of amides is 1. The van der Waals surface area contributed by atoms with Gasteiger partial charge in [-0.2, -0.15) is 4.72 Å². The topological polar surface area (TPSA) is 169 Å². The maximum atomic E-state index is 13.5. The average molecular weight is 549 g/mol. The predicted molar refractivity (Wildman–Crippen MR) is 140 cm³/mol. The number of nitrogens with zero attached hydrogens (tertiary/aromatic N) is 2. The molecule has 3 aliphatic heterocycles. The normalized spacial score (nSPS) is 23.8. The number of carboxylic acids is 1. The minimum atomic E-state index is -4.15. The van der Waals surface area contributed by atoms with Gasteiger partial charge < -0.3 is 15.7 Å². The highest BCUT2D eigenvalue weighted by molar-refractivity contribution is 7.89. The van der Waals surface area contributed by atoms with E-state index in [4.69, 9.17) is 0 Å². The molecule has 38 heavy (non-hydrogen) atoms. The summed E-state index contributed by atoms with van der Waals surface area (Å²) in [5.41, 5.74) is 3.88. The third-order valence-electron chi connectivity index (χ3n) is 7.41. The summed E-state index contributed by atoms with van der Waals surface area (Å²) in [6.07, 6.45) is 4.35. The Labute approximate surface area is 222 Å². The number of hydrogen-bond acceptors (Lipinski definition) is 9. The molecule has 3 heterocycles. The fraction of sp³-hybridized carbons (Fsp3) is 0.600. The maximum absolute atomic E-state index is 13.5. The van der Waals surface area contributed by atoms with Gasteiger partial charge in [0.25, 0.3) is 5.91 Å². The zero-order valence-electron chi connectivity index (χ0n) is 21.5. The van der Waals surface area contributed by atoms with Gasteiger partial charge in [-0.25, -0.2) is 13.4 Å². The lowest BCUT2D eigenvalue weighted by Crippen LogP contribution is -2.53. The van der Waals surface area contributed by atoms with Gasteiger partial charge in [-0.15, -0.1) is 0 Å². The molecule has 3 unspecified atom stereocenters. The van der Waals surface area contributed by atoms with Gasteiger partial charge in [-0.05, 0) is 70.2 Å². The first-order chi connectivity index (χ1) is 18.2. The minimum Gasteiger partial charge on any atom is -0.480 e. The van der Waals surface area contributed by atoms with Gasteiger partial charge in [0.1, 0.15) is 6.04 Å². The lowest BCUT2D eigenvalue weighted by Gasteiger charge is -2.31. The molecule has 12 nitrogen and oxygen atoms in total. The number of piperidine rings is 1. The summed E-state index contributed by atoms with van der Waals surface area (Å²) in [6, 6.07) is 3.77. The number of carbonyl (C=O) groups is 3. The van der Waals surface area contributed by atoms with Crippen LogP contribution in [0.4, 0.5) is 0 Å². The van der Waals surface area contributed by atoms with Crippen molar-refractivity contribution in [3.05, 3.63) is 29.8 Å². The van der Waals surface area contributed by atoms with Crippen LogP contribution >= 0.6 is 0 Å². The Hall–Kier alpha value is -2.71. The lowest BCUT2D eigenvalue weighted by molar-refractivity contribution is -0.138. The number of carbonyl (C=O) groups excluding carboxylic acids is 2. The van der Waals surface area contributed by atoms with Crippen molar-refractivity contribution in [1.82, 2.24) is 25.8 Å². The van der Waals surface area contributed by atoms with Gasteiger partial charge in [0.15, 0.2) is 5.71 Å². The van der Waals surface area contributed by atoms with Crippen LogP contribution in [0.5, 0.6) is 0 Å². The van der Waals surface area contributed by atoms with E-state index in [9.17, 15) is 27.9 Å². The minimum absolute atomic E-state index is 0.00430. The van der Waals surface area contributed by atoms with Crippen molar-refractivity contribution in [3.63, 3.8) is 0 Å². The van der Waals surface area contributed by atoms with Gasteiger partial charge in [0.05, 0.1) is 17.5 Å². The molecule has 13 heteroatoms. The van der Waals surface area contributed by atoms with Crippen molar-refractivity contribution in [2.75, 3.05) is 32.7 Å². The highest BCUT2D eigenvalue weighted by Gasteiger charge is 2.41. The number of aryl methyl sites for hydroxylation is 1. The van der Waals surface area contributed by atoms with Crippen molar-refractivity contribution in [2.24, 2.45) is 10.9 Å². The number of rotatable bonds is 10. The SMILES string of the molecule is Cc1ccc(S(=O)(=O)NC(CNC(=O)C2=NCC3CCNN3C(CCC3CCNCC3)C2=O)C(=O)O)cc1. The van der Waals surface area contributed by atoms with Crippen LogP contribution in [0.25, 0.3) is 0 Å². The highest BCUT2D eigenvalue weighted by atomic mass is 32.2. The standard InChI is InChI=1S/C25H36N6O6S/c1-16-2-5-19(6-3-16)38(36,37)30-20(25(34)35)15-28-24(33)22-23(32)21(7-4-17-8-11-26-12-9-17)31-18(14-27-22)10-13-29-31/h2-3,5-6,17-18,20-21,26,29-30H,4,7-15H2,1H3,(H,28,33)(H,34,35). The quantitative estimate of drug-likeness (QED) is 0.261. The Bertz CT molecular complexity index is 1170. The van der Waals surface area contributed by atoms with E-state index in [0.717, 1.165) is 50.9 Å². The Morgan fingerprint density at radius 2 is 1.84 bits per heavy atom. The Kier molecular flexibility index (Phi) is 9.26. The average Bonchev–Trinajstić information content (AvgIpc) is 3.30. The molecule has 2 saturated heterocycles. The van der Waals surface area contributed by atoms with E-state index in [1.807, 2.05) is 5.01 Å². The number of hydrogen-bond donors (Lipinski definition) is 5. The predicted octanol–water partition coefficient (Wildman–Crippen LogP) is -0.406. The van der Waals surface area contributed by atoms with Crippen LogP contribution in [0.1, 0.15) is 37.7 Å². The summed E-state index contributed by atoms with van der Waals surface area (Å²) in [7, 11) is -4.15. The van der Waals surface area contributed by atoms with Crippen LogP contribution in [-0.2, 0) is 24.4 Å². The van der Waals surface area contributed by atoms with Crippen LogP contribution < -0.4 is 20.8 Å². The van der Waals surface area contributed by atoms with Crippen molar-refractivity contribution in [3.8, 4) is 0 Å². The summed E-state index contributed by atoms with van der Waals surface area (Å²) in [5.74, 6) is -2.15. The molecule has 2 fully saturated rings. The summed E-state index contributed by atoms with van der Waals surface area (Å²) >= 11 is 0. The summed E-state index contributed by atoms with van der Waals surface area (Å²) in [5, 5.41) is 17.3. The Morgan fingerprint density at radius 1 is 1.13 bits per heavy atom. The van der Waals surface area contributed by atoms with Crippen LogP contribution in [0.3, 0.4) is 0 Å². The van der Waals surface area contributed by atoms with Gasteiger partial charge in [0.2, 0.25) is 15.8 Å². The molecular weight excluding hydrogens is 512 g/mol. The molecule has 0 spiro atoms. The molecule has 0 aromatic heterocycles. The number of fused-ring (bicyclic) bond motifs is 1. The van der Waals surface area contributed by atoms with E-state index in [0.29, 0.717) is 12.3 Å². The van der Waals surface area contributed by atoms with Gasteiger partial charge in [-0.1, -0.05) is 17.7 Å². The molecule has 208 valence electrons. The van der Waals surface area contributed by atoms with Crippen LogP contribution in [0.2, 0.25) is 0 Å². The van der Waals surface area contributed by atoms with E-state index in [1.54, 1.807) is 19.1 Å². The van der Waals surface area contributed by atoms with Crippen molar-refractivity contribution >= 4 is 33.4 Å². The van der Waals surface area contributed by atoms with Gasteiger partial charge in [-0.3, -0.25) is 24.8 Å². The van der Waals surface area contributed by atoms with Crippen molar-refractivity contribution in [1.29, 1.82) is 0 Å². The summed E-state index contributed by atoms with van der Waals surface area (Å²) < 4.78 is 27.5. The number of aliphatic carboxylic acids is 1. The number of aliphatic imine (C=N–C) groups is 1. The molecule has 5 N–H and O–H groups in total. The molecule has 3 atom stereocenters. The molecule has 4 rings (SSSR count). The van der Waals surface area contributed by atoms with Crippen molar-refractivity contribution < 1.29 is 27.9 Å². The number of benzene rings is 1. The fourth-order valence-electron chi connectivity index (χ4n) is 5.18. The van der Waals surface area contributed by atoms with Crippen LogP contribution in [0.15, 0.2) is 34.2 Å². The first-order valence-corrected chi connectivity index (χ1v) is 14.5. The number of nitrogens with one attached hydrogen (secondary N) is 4. The third kappa shape index (κ3) is 6.83. The molecule has 0 bridgehead atoms. The highest BCUT2D eigenvalue weighted by Crippen LogP contribution is 2.25. The second-order valence-corrected chi connectivity index (χ2v) is 11.8. The number of sulfonamides is 1. The second kappa shape index (κ2) is 12.4. The molecule has 0 saturated carbocycles. The van der Waals surface area contributed by atoms with E-state index >= 15 is 0 Å². The third-order valence-corrected chi connectivity index (χ3v) is 8.90. The Balaban J connectivity index is 1.42. The molecule has 0 aliphatic carbocycles. The molecule has 1 amide bonds. The Morgan fingerprint density at radius 3 is 2.53 bits per heavy atom. The number of hydrazine groups is 1. The summed E-state index contributed by atoms with van der Waals surface area (Å²) in [6.45, 7) is 4.18. The van der Waals surface area contributed by atoms with E-state index in [1.165, 1.54) is 12.1 Å².